The van der Waals surface area contributed by atoms with Crippen LogP contribution < -0.4 is 5.32 Å². The van der Waals surface area contributed by atoms with Crippen LogP contribution in [0.25, 0.3) is 0 Å². The number of unbranched alkanes of at least 4 members (excludes halogenated alkanes) is 1. The summed E-state index contributed by atoms with van der Waals surface area (Å²) in [6.45, 7) is 13.6. The molecule has 20 heavy (non-hydrogen) atoms. The van der Waals surface area contributed by atoms with E-state index in [0.717, 1.165) is 18.0 Å². The zero-order valence-electron chi connectivity index (χ0n) is 14.3. The van der Waals surface area contributed by atoms with Crippen molar-refractivity contribution in [1.29, 1.82) is 0 Å². The van der Waals surface area contributed by atoms with Gasteiger partial charge in [-0.05, 0) is 69.5 Å². The number of nitrogens with one attached hydrogen (secondary N) is 1. The molecular weight excluding hydrogens is 244 g/mol. The largest absolute Gasteiger partial charge is 0.311 e. The highest BCUT2D eigenvalue weighted by Crippen LogP contribution is 2.38. The molecule has 1 heterocycles. The predicted octanol–water partition coefficient (Wildman–Crippen LogP) is 4.06. The van der Waals surface area contributed by atoms with Crippen LogP contribution in [0, 0.1) is 11.3 Å². The van der Waals surface area contributed by atoms with Gasteiger partial charge in [0, 0.05) is 12.1 Å². The molecule has 1 N–H and O–H groups in total. The second-order valence-electron chi connectivity index (χ2n) is 8.13. The maximum atomic E-state index is 4.00. The Balaban J connectivity index is 1.70. The molecule has 0 radical (unpaired) electrons. The molecule has 2 unspecified atom stereocenters. The lowest BCUT2D eigenvalue weighted by atomic mass is 9.70. The highest BCUT2D eigenvalue weighted by molar-refractivity contribution is 4.89. The fraction of sp³-hybridized carbons (Fsp3) is 1.00. The van der Waals surface area contributed by atoms with Crippen LogP contribution >= 0.6 is 0 Å². The van der Waals surface area contributed by atoms with E-state index in [0.29, 0.717) is 5.41 Å². The van der Waals surface area contributed by atoms with E-state index in [-0.39, 0.29) is 0 Å². The Morgan fingerprint density at radius 1 is 1.15 bits per heavy atom. The van der Waals surface area contributed by atoms with Crippen LogP contribution in [0.1, 0.15) is 72.6 Å². The Hall–Kier alpha value is -0.0800. The molecule has 2 nitrogen and oxygen atoms in total. The van der Waals surface area contributed by atoms with Crippen molar-refractivity contribution < 1.29 is 0 Å². The third-order valence-corrected chi connectivity index (χ3v) is 5.56. The van der Waals surface area contributed by atoms with E-state index >= 15 is 0 Å². The van der Waals surface area contributed by atoms with Gasteiger partial charge in [-0.3, -0.25) is 0 Å². The van der Waals surface area contributed by atoms with Crippen molar-refractivity contribution >= 4 is 0 Å². The Kier molecular flexibility index (Phi) is 5.92. The third-order valence-electron chi connectivity index (χ3n) is 5.56. The van der Waals surface area contributed by atoms with Gasteiger partial charge in [-0.25, -0.2) is 0 Å². The minimum atomic E-state index is 0.571. The second kappa shape index (κ2) is 7.26. The molecular formula is C18H36N2. The second-order valence-corrected chi connectivity index (χ2v) is 8.13. The lowest BCUT2D eigenvalue weighted by Crippen LogP contribution is -2.50. The van der Waals surface area contributed by atoms with Crippen molar-refractivity contribution in [2.24, 2.45) is 11.3 Å². The van der Waals surface area contributed by atoms with E-state index in [1.807, 2.05) is 0 Å². The summed E-state index contributed by atoms with van der Waals surface area (Å²) >= 11 is 0. The Bertz CT molecular complexity index is 279. The van der Waals surface area contributed by atoms with Crippen LogP contribution in [-0.4, -0.2) is 36.6 Å². The van der Waals surface area contributed by atoms with Gasteiger partial charge in [0.15, 0.2) is 0 Å². The van der Waals surface area contributed by atoms with Crippen molar-refractivity contribution in [2.75, 3.05) is 19.6 Å². The van der Waals surface area contributed by atoms with E-state index < -0.39 is 0 Å². The summed E-state index contributed by atoms with van der Waals surface area (Å²) in [7, 11) is 0. The molecule has 118 valence electrons. The first kappa shape index (κ1) is 16.3. The van der Waals surface area contributed by atoms with Crippen LogP contribution in [0.3, 0.4) is 0 Å². The quantitative estimate of drug-likeness (QED) is 0.817. The highest BCUT2D eigenvalue weighted by atomic mass is 15.1. The minimum absolute atomic E-state index is 0.571. The minimum Gasteiger partial charge on any atom is -0.311 e. The van der Waals surface area contributed by atoms with E-state index in [1.54, 1.807) is 0 Å². The Morgan fingerprint density at radius 3 is 2.45 bits per heavy atom. The van der Waals surface area contributed by atoms with Gasteiger partial charge in [0.1, 0.15) is 0 Å². The summed E-state index contributed by atoms with van der Waals surface area (Å²) in [5, 5.41) is 4.00. The number of hydrogen-bond acceptors (Lipinski definition) is 2. The van der Waals surface area contributed by atoms with Crippen molar-refractivity contribution in [2.45, 2.75) is 84.7 Å². The zero-order valence-corrected chi connectivity index (χ0v) is 14.3. The zero-order chi connectivity index (χ0) is 14.6. The molecule has 0 aromatic rings. The van der Waals surface area contributed by atoms with Gasteiger partial charge in [0.25, 0.3) is 0 Å². The molecule has 2 fully saturated rings. The molecule has 0 bridgehead atoms. The van der Waals surface area contributed by atoms with Crippen molar-refractivity contribution in [3.8, 4) is 0 Å². The monoisotopic (exact) mass is 280 g/mol. The Labute approximate surface area is 126 Å². The van der Waals surface area contributed by atoms with Crippen LogP contribution in [0.2, 0.25) is 0 Å². The van der Waals surface area contributed by atoms with Gasteiger partial charge in [0.2, 0.25) is 0 Å². The van der Waals surface area contributed by atoms with Crippen molar-refractivity contribution in [1.82, 2.24) is 10.2 Å². The number of nitrogens with zero attached hydrogens (tertiary/aromatic N) is 1. The molecule has 1 aliphatic carbocycles. The highest BCUT2D eigenvalue weighted by Gasteiger charge is 2.33. The Morgan fingerprint density at radius 2 is 1.85 bits per heavy atom. The SMILES string of the molecule is CCCCN1CCC(NC2CCC(C)(C)CC2C)CC1. The summed E-state index contributed by atoms with van der Waals surface area (Å²) in [5.41, 5.74) is 0.571. The van der Waals surface area contributed by atoms with E-state index in [4.69, 9.17) is 0 Å². The molecule has 2 atom stereocenters. The molecule has 0 aromatic heterocycles. The van der Waals surface area contributed by atoms with Crippen LogP contribution in [0.4, 0.5) is 0 Å². The first-order chi connectivity index (χ1) is 9.50. The van der Waals surface area contributed by atoms with Gasteiger partial charge in [-0.1, -0.05) is 34.1 Å². The van der Waals surface area contributed by atoms with E-state index in [9.17, 15) is 0 Å². The van der Waals surface area contributed by atoms with E-state index in [2.05, 4.69) is 37.9 Å². The number of piperidine rings is 1. The summed E-state index contributed by atoms with van der Waals surface area (Å²) in [4.78, 5) is 2.66. The van der Waals surface area contributed by atoms with Gasteiger partial charge in [0.05, 0.1) is 0 Å². The fourth-order valence-corrected chi connectivity index (χ4v) is 4.20. The number of likely N-dealkylation sites (tertiary alicyclic amines) is 1. The first-order valence-corrected chi connectivity index (χ1v) is 8.98. The van der Waals surface area contributed by atoms with Gasteiger partial charge >= 0.3 is 0 Å². The maximum Gasteiger partial charge on any atom is 0.00957 e. The van der Waals surface area contributed by atoms with Gasteiger partial charge in [-0.15, -0.1) is 0 Å². The average molecular weight is 280 g/mol. The molecule has 0 aromatic carbocycles. The first-order valence-electron chi connectivity index (χ1n) is 8.98. The number of hydrogen-bond donors (Lipinski definition) is 1. The lowest BCUT2D eigenvalue weighted by molar-refractivity contribution is 0.123. The molecule has 0 spiro atoms. The molecule has 0 amide bonds. The molecule has 1 saturated heterocycles. The summed E-state index contributed by atoms with van der Waals surface area (Å²) < 4.78 is 0. The van der Waals surface area contributed by atoms with E-state index in [1.165, 1.54) is 64.6 Å². The van der Waals surface area contributed by atoms with Crippen LogP contribution in [0.15, 0.2) is 0 Å². The topological polar surface area (TPSA) is 15.3 Å². The number of rotatable bonds is 5. The molecule has 2 heteroatoms. The smallest absolute Gasteiger partial charge is 0.00957 e. The van der Waals surface area contributed by atoms with Crippen molar-refractivity contribution in [3.63, 3.8) is 0 Å². The van der Waals surface area contributed by atoms with Crippen LogP contribution in [-0.2, 0) is 0 Å². The molecule has 1 aliphatic heterocycles. The summed E-state index contributed by atoms with van der Waals surface area (Å²) in [6, 6.07) is 1.55. The predicted molar refractivity (Wildman–Crippen MR) is 88.1 cm³/mol. The third kappa shape index (κ3) is 4.73. The van der Waals surface area contributed by atoms with Crippen LogP contribution in [0.5, 0.6) is 0 Å². The maximum absolute atomic E-state index is 4.00. The fourth-order valence-electron chi connectivity index (χ4n) is 4.20. The summed E-state index contributed by atoms with van der Waals surface area (Å²) in [5.74, 6) is 0.844. The summed E-state index contributed by atoms with van der Waals surface area (Å²) in [6.07, 6.45) is 9.57. The molecule has 2 rings (SSSR count). The standard InChI is InChI=1S/C18H36N2/c1-5-6-11-20-12-8-16(9-13-20)19-17-7-10-18(3,4)14-15(17)2/h15-17,19H,5-14H2,1-4H3. The lowest BCUT2D eigenvalue weighted by Gasteiger charge is -2.42. The molecule has 2 aliphatic rings. The average Bonchev–Trinajstić information content (AvgIpc) is 2.40. The molecule has 1 saturated carbocycles. The van der Waals surface area contributed by atoms with Gasteiger partial charge < -0.3 is 10.2 Å². The normalized spacial score (nSPS) is 32.4. The van der Waals surface area contributed by atoms with Gasteiger partial charge in [-0.2, -0.15) is 0 Å². The van der Waals surface area contributed by atoms with Crippen molar-refractivity contribution in [3.05, 3.63) is 0 Å².